The first kappa shape index (κ1) is 16.9. The zero-order valence-corrected chi connectivity index (χ0v) is 17.0. The van der Waals surface area contributed by atoms with Crippen molar-refractivity contribution in [2.45, 2.75) is 0 Å². The molecule has 0 N–H and O–H groups in total. The fraction of sp³-hybridized carbons (Fsp3) is 0. The summed E-state index contributed by atoms with van der Waals surface area (Å²) in [6, 6.07) is 29.3. The van der Waals surface area contributed by atoms with Gasteiger partial charge in [0.05, 0.1) is 0 Å². The standard InChI is InChI=1S/2C9H7.2BrH.Zr/c2*1-2-5-9-7-3-6-8(9)4-1;;;/h2*1-7H;2*1H;/q2*-1;;;+4/p-2. The van der Waals surface area contributed by atoms with E-state index in [2.05, 4.69) is 109 Å². The van der Waals surface area contributed by atoms with Crippen molar-refractivity contribution in [1.29, 1.82) is 0 Å². The topological polar surface area (TPSA) is 0 Å². The van der Waals surface area contributed by atoms with Crippen molar-refractivity contribution in [2.24, 2.45) is 0 Å². The maximum Gasteiger partial charge on any atom is -0.0809 e. The Kier molecular flexibility index (Phi) is 7.63. The number of hydrogen-bond acceptors (Lipinski definition) is 0. The largest absolute Gasteiger partial charge is 0.168 e. The van der Waals surface area contributed by atoms with Gasteiger partial charge in [-0.3, -0.25) is 0 Å². The molecule has 0 amide bonds. The number of halogens is 2. The Morgan fingerprint density at radius 2 is 1.00 bits per heavy atom. The van der Waals surface area contributed by atoms with Crippen molar-refractivity contribution in [3.63, 3.8) is 0 Å². The van der Waals surface area contributed by atoms with Crippen molar-refractivity contribution in [3.8, 4) is 0 Å². The van der Waals surface area contributed by atoms with Gasteiger partial charge in [0.25, 0.3) is 0 Å². The molecule has 0 aliphatic rings. The molecule has 104 valence electrons. The van der Waals surface area contributed by atoms with Crippen LogP contribution in [0.2, 0.25) is 0 Å². The summed E-state index contributed by atoms with van der Waals surface area (Å²) in [6.07, 6.45) is 0. The van der Waals surface area contributed by atoms with E-state index in [-0.39, 0.29) is 18.5 Å². The molecule has 0 saturated heterocycles. The minimum absolute atomic E-state index is 0.145. The number of hydrogen-bond donors (Lipinski definition) is 0. The minimum Gasteiger partial charge on any atom is -0.168 e. The van der Waals surface area contributed by atoms with Gasteiger partial charge in [-0.15, -0.1) is 59.3 Å². The van der Waals surface area contributed by atoms with Crippen LogP contribution in [0.3, 0.4) is 0 Å². The van der Waals surface area contributed by atoms with Crippen molar-refractivity contribution in [2.75, 3.05) is 0 Å². The van der Waals surface area contributed by atoms with Gasteiger partial charge >= 0.3 is 43.0 Å². The fourth-order valence-corrected chi connectivity index (χ4v) is 2.14. The Bertz CT molecular complexity index is 644. The summed E-state index contributed by atoms with van der Waals surface area (Å²) in [5, 5.41) is 5.32. The third-order valence-corrected chi connectivity index (χ3v) is 3.10. The molecule has 0 saturated carbocycles. The summed E-state index contributed by atoms with van der Waals surface area (Å²) in [7, 11) is 0. The second-order valence-electron chi connectivity index (χ2n) is 4.38. The molecule has 0 aliphatic carbocycles. The number of fused-ring (bicyclic) bond motifs is 2. The second-order valence-corrected chi connectivity index (χ2v) is 15.7. The predicted octanol–water partition coefficient (Wildman–Crippen LogP) is 6.81. The van der Waals surface area contributed by atoms with Crippen LogP contribution in [0.25, 0.3) is 21.5 Å². The molecule has 4 rings (SSSR count). The van der Waals surface area contributed by atoms with Crippen LogP contribution in [0.4, 0.5) is 0 Å². The number of benzene rings is 2. The Morgan fingerprint density at radius 3 is 1.38 bits per heavy atom. The Labute approximate surface area is 148 Å². The fourth-order valence-electron chi connectivity index (χ4n) is 2.14. The molecular formula is C18H14Br2Zr. The Hall–Kier alpha value is -0.497. The average Bonchev–Trinajstić information content (AvgIpc) is 3.17. The van der Waals surface area contributed by atoms with E-state index in [1.165, 1.54) is 21.5 Å². The molecule has 3 heteroatoms. The van der Waals surface area contributed by atoms with Crippen LogP contribution < -0.4 is 0 Å². The molecule has 0 fully saturated rings. The average molecular weight is 481 g/mol. The third-order valence-electron chi connectivity index (χ3n) is 3.10. The van der Waals surface area contributed by atoms with Crippen LogP contribution in [-0.4, -0.2) is 0 Å². The number of rotatable bonds is 0. The third kappa shape index (κ3) is 5.32. The van der Waals surface area contributed by atoms with Gasteiger partial charge in [0.15, 0.2) is 0 Å². The molecule has 4 aromatic carbocycles. The summed E-state index contributed by atoms with van der Waals surface area (Å²) in [6.45, 7) is 0. The maximum atomic E-state index is 3.23. The summed E-state index contributed by atoms with van der Waals surface area (Å²) in [5.41, 5.74) is 0. The molecule has 0 unspecified atom stereocenters. The molecule has 0 aliphatic heterocycles. The first-order valence-electron chi connectivity index (χ1n) is 6.52. The molecule has 4 aromatic rings. The van der Waals surface area contributed by atoms with Gasteiger partial charge in [0.2, 0.25) is 0 Å². The van der Waals surface area contributed by atoms with Crippen LogP contribution >= 0.6 is 24.4 Å². The van der Waals surface area contributed by atoms with Crippen molar-refractivity contribution >= 4 is 46.0 Å². The van der Waals surface area contributed by atoms with Crippen LogP contribution in [0.5, 0.6) is 0 Å². The van der Waals surface area contributed by atoms with Crippen LogP contribution in [0.15, 0.2) is 84.9 Å². The van der Waals surface area contributed by atoms with Crippen molar-refractivity contribution in [3.05, 3.63) is 84.9 Å². The molecule has 0 spiro atoms. The van der Waals surface area contributed by atoms with Crippen molar-refractivity contribution in [1.82, 2.24) is 0 Å². The van der Waals surface area contributed by atoms with E-state index >= 15 is 0 Å². The summed E-state index contributed by atoms with van der Waals surface area (Å²) in [5.74, 6) is 0. The van der Waals surface area contributed by atoms with Gasteiger partial charge < -0.3 is 0 Å². The zero-order chi connectivity index (χ0) is 14.9. The van der Waals surface area contributed by atoms with Gasteiger partial charge in [-0.2, -0.15) is 35.0 Å². The van der Waals surface area contributed by atoms with E-state index in [1.54, 1.807) is 0 Å². The van der Waals surface area contributed by atoms with E-state index in [4.69, 9.17) is 0 Å². The summed E-state index contributed by atoms with van der Waals surface area (Å²) < 4.78 is 0. The normalized spacial score (nSPS) is 9.24. The molecule has 0 atom stereocenters. The summed E-state index contributed by atoms with van der Waals surface area (Å²) in [4.78, 5) is 0. The first-order chi connectivity index (χ1) is 10.3. The van der Waals surface area contributed by atoms with Gasteiger partial charge in [0, 0.05) is 0 Å². The first-order valence-corrected chi connectivity index (χ1v) is 17.8. The van der Waals surface area contributed by atoms with E-state index < -0.39 is 0 Å². The van der Waals surface area contributed by atoms with Gasteiger partial charge in [-0.05, 0) is 0 Å². The Balaban J connectivity index is 0.000000130. The van der Waals surface area contributed by atoms with E-state index in [9.17, 15) is 0 Å². The molecule has 21 heavy (non-hydrogen) atoms. The molecule has 0 nitrogen and oxygen atoms in total. The van der Waals surface area contributed by atoms with Gasteiger partial charge in [-0.1, -0.05) is 12.1 Å². The SMILES string of the molecule is [Br][Zr+2][Br].c1ccc2[cH-]ccc2c1.c1ccc2[cH-]ccc2c1. The Morgan fingerprint density at radius 1 is 0.619 bits per heavy atom. The van der Waals surface area contributed by atoms with Crippen LogP contribution in [0, 0.1) is 0 Å². The molecular weight excluding hydrogens is 467 g/mol. The second kappa shape index (κ2) is 9.51. The van der Waals surface area contributed by atoms with Gasteiger partial charge in [0.1, 0.15) is 0 Å². The van der Waals surface area contributed by atoms with Crippen LogP contribution in [0.1, 0.15) is 0 Å². The van der Waals surface area contributed by atoms with Crippen molar-refractivity contribution < 1.29 is 18.5 Å². The monoisotopic (exact) mass is 478 g/mol. The minimum atomic E-state index is -0.145. The molecule has 0 bridgehead atoms. The smallest absolute Gasteiger partial charge is 0.0809 e. The zero-order valence-electron chi connectivity index (χ0n) is 11.3. The predicted molar refractivity (Wildman–Crippen MR) is 96.9 cm³/mol. The molecule has 0 aromatic heterocycles. The van der Waals surface area contributed by atoms with Gasteiger partial charge in [-0.25, -0.2) is 0 Å². The van der Waals surface area contributed by atoms with Crippen LogP contribution in [-0.2, 0) is 18.5 Å². The van der Waals surface area contributed by atoms with E-state index in [0.29, 0.717) is 0 Å². The molecule has 0 radical (unpaired) electrons. The van der Waals surface area contributed by atoms with E-state index in [1.807, 2.05) is 0 Å². The summed E-state index contributed by atoms with van der Waals surface area (Å²) >= 11 is 6.32. The maximum absolute atomic E-state index is 3.23. The van der Waals surface area contributed by atoms with E-state index in [0.717, 1.165) is 0 Å². The molecule has 0 heterocycles. The quantitative estimate of drug-likeness (QED) is 0.242.